The van der Waals surface area contributed by atoms with Gasteiger partial charge in [0.1, 0.15) is 5.75 Å². The van der Waals surface area contributed by atoms with Gasteiger partial charge in [0.15, 0.2) is 11.1 Å². The molecule has 0 saturated heterocycles. The average Bonchev–Trinajstić information content (AvgIpc) is 3.07. The van der Waals surface area contributed by atoms with Crippen LogP contribution in [-0.4, -0.2) is 34.5 Å². The van der Waals surface area contributed by atoms with Gasteiger partial charge in [-0.15, -0.1) is 11.3 Å². The fraction of sp³-hybridized carbons (Fsp3) is 0.350. The molecule has 1 aromatic carbocycles. The van der Waals surface area contributed by atoms with Crippen LogP contribution in [0.1, 0.15) is 24.7 Å². The highest BCUT2D eigenvalue weighted by atomic mass is 32.1. The maximum Gasteiger partial charge on any atom is 0.262 e. The lowest BCUT2D eigenvalue weighted by atomic mass is 10.1. The molecular weight excluding hydrogens is 376 g/mol. The summed E-state index contributed by atoms with van der Waals surface area (Å²) in [4.78, 5) is 32.3. The standard InChI is InChI=1S/C20H22N4O3S/c1-3-8-21-19(26)17-11-23(15-6-4-5-7-16(15)27-17)10-14-9-18(25)24-13(2)12-28-20(24)22-14/h4-7,9,12,17H,3,8,10-11H2,1-2H3,(H,21,26). The molecule has 1 amide bonds. The van der Waals surface area contributed by atoms with Gasteiger partial charge in [-0.3, -0.25) is 14.0 Å². The monoisotopic (exact) mass is 398 g/mol. The first-order valence-electron chi connectivity index (χ1n) is 9.32. The Balaban J connectivity index is 1.64. The molecule has 0 aliphatic carbocycles. The van der Waals surface area contributed by atoms with Gasteiger partial charge in [0.25, 0.3) is 11.5 Å². The van der Waals surface area contributed by atoms with Gasteiger partial charge in [-0.25, -0.2) is 4.98 Å². The van der Waals surface area contributed by atoms with Gasteiger partial charge in [-0.05, 0) is 25.5 Å². The number of carbonyl (C=O) groups is 1. The maximum atomic E-state index is 12.5. The molecule has 0 bridgehead atoms. The van der Waals surface area contributed by atoms with Crippen molar-refractivity contribution in [2.45, 2.75) is 32.9 Å². The molecule has 0 saturated carbocycles. The normalized spacial score (nSPS) is 15.9. The molecule has 1 aliphatic rings. The third-order valence-corrected chi connectivity index (χ3v) is 5.63. The van der Waals surface area contributed by atoms with Crippen LogP contribution in [0.2, 0.25) is 0 Å². The highest BCUT2D eigenvalue weighted by Gasteiger charge is 2.30. The van der Waals surface area contributed by atoms with Crippen LogP contribution < -0.4 is 20.5 Å². The first kappa shape index (κ1) is 18.5. The van der Waals surface area contributed by atoms with Gasteiger partial charge in [0.05, 0.1) is 24.5 Å². The summed E-state index contributed by atoms with van der Waals surface area (Å²) in [5.41, 5.74) is 2.37. The second-order valence-corrected chi connectivity index (χ2v) is 7.66. The number of amides is 1. The minimum absolute atomic E-state index is 0.0856. The molecule has 0 spiro atoms. The van der Waals surface area contributed by atoms with Crippen molar-refractivity contribution in [3.8, 4) is 5.75 Å². The SMILES string of the molecule is CCCNC(=O)C1CN(Cc2cc(=O)n3c(C)csc3n2)c2ccccc2O1. The molecule has 4 rings (SSSR count). The van der Waals surface area contributed by atoms with Gasteiger partial charge >= 0.3 is 0 Å². The average molecular weight is 398 g/mol. The lowest BCUT2D eigenvalue weighted by molar-refractivity contribution is -0.127. The number of fused-ring (bicyclic) bond motifs is 2. The highest BCUT2D eigenvalue weighted by molar-refractivity contribution is 7.15. The summed E-state index contributed by atoms with van der Waals surface area (Å²) in [5, 5.41) is 4.82. The third kappa shape index (κ3) is 3.47. The zero-order chi connectivity index (χ0) is 19.7. The number of anilines is 1. The molecule has 0 radical (unpaired) electrons. The van der Waals surface area contributed by atoms with Crippen molar-refractivity contribution in [1.82, 2.24) is 14.7 Å². The number of thiazole rings is 1. The van der Waals surface area contributed by atoms with Crippen LogP contribution in [0.25, 0.3) is 4.96 Å². The Morgan fingerprint density at radius 2 is 2.21 bits per heavy atom. The van der Waals surface area contributed by atoms with E-state index >= 15 is 0 Å². The van der Waals surface area contributed by atoms with Crippen LogP contribution in [0, 0.1) is 6.92 Å². The largest absolute Gasteiger partial charge is 0.477 e. The van der Waals surface area contributed by atoms with Gasteiger partial charge in [-0.1, -0.05) is 19.1 Å². The smallest absolute Gasteiger partial charge is 0.262 e. The highest BCUT2D eigenvalue weighted by Crippen LogP contribution is 2.34. The molecule has 146 valence electrons. The molecule has 28 heavy (non-hydrogen) atoms. The number of ether oxygens (including phenoxy) is 1. The van der Waals surface area contributed by atoms with Gasteiger partial charge in [0, 0.05) is 23.7 Å². The summed E-state index contributed by atoms with van der Waals surface area (Å²) in [5.74, 6) is 0.536. The number of benzene rings is 1. The van der Waals surface area contributed by atoms with Crippen molar-refractivity contribution >= 4 is 27.9 Å². The van der Waals surface area contributed by atoms with Crippen LogP contribution in [0.4, 0.5) is 5.69 Å². The topological polar surface area (TPSA) is 75.9 Å². The summed E-state index contributed by atoms with van der Waals surface area (Å²) in [7, 11) is 0. The molecule has 2 aromatic heterocycles. The van der Waals surface area contributed by atoms with Gasteiger partial charge in [-0.2, -0.15) is 0 Å². The summed E-state index contributed by atoms with van der Waals surface area (Å²) >= 11 is 1.45. The number of rotatable bonds is 5. The summed E-state index contributed by atoms with van der Waals surface area (Å²) in [6, 6.07) is 9.19. The van der Waals surface area contributed by atoms with Crippen LogP contribution in [0.3, 0.4) is 0 Å². The Labute approximate surface area is 166 Å². The first-order valence-corrected chi connectivity index (χ1v) is 10.2. The van der Waals surface area contributed by atoms with Crippen LogP contribution in [-0.2, 0) is 11.3 Å². The van der Waals surface area contributed by atoms with E-state index in [1.165, 1.54) is 11.3 Å². The fourth-order valence-corrected chi connectivity index (χ4v) is 4.22. The Kier molecular flexibility index (Phi) is 5.04. The van der Waals surface area contributed by atoms with Crippen LogP contribution in [0.5, 0.6) is 5.75 Å². The molecule has 1 atom stereocenters. The van der Waals surface area contributed by atoms with E-state index in [2.05, 4.69) is 10.3 Å². The second-order valence-electron chi connectivity index (χ2n) is 6.83. The van der Waals surface area contributed by atoms with E-state index in [9.17, 15) is 9.59 Å². The lowest BCUT2D eigenvalue weighted by Gasteiger charge is -2.35. The van der Waals surface area contributed by atoms with Crippen LogP contribution >= 0.6 is 11.3 Å². The van der Waals surface area contributed by atoms with Gasteiger partial charge in [0.2, 0.25) is 0 Å². The summed E-state index contributed by atoms with van der Waals surface area (Å²) in [6.45, 7) is 5.35. The Morgan fingerprint density at radius 3 is 3.04 bits per heavy atom. The zero-order valence-electron chi connectivity index (χ0n) is 15.8. The van der Waals surface area contributed by atoms with Crippen LogP contribution in [0.15, 0.2) is 40.5 Å². The number of hydrogen-bond donors (Lipinski definition) is 1. The van der Waals surface area contributed by atoms with Crippen molar-refractivity contribution in [3.63, 3.8) is 0 Å². The van der Waals surface area contributed by atoms with E-state index in [-0.39, 0.29) is 11.5 Å². The van der Waals surface area contributed by atoms with Crippen molar-refractivity contribution in [1.29, 1.82) is 0 Å². The van der Waals surface area contributed by atoms with Crippen molar-refractivity contribution in [3.05, 3.63) is 57.5 Å². The number of carbonyl (C=O) groups excluding carboxylic acids is 1. The molecule has 0 fully saturated rings. The molecule has 1 unspecified atom stereocenters. The Hall–Kier alpha value is -2.87. The van der Waals surface area contributed by atoms with Gasteiger partial charge < -0.3 is 15.0 Å². The van der Waals surface area contributed by atoms with Crippen molar-refractivity contribution in [2.75, 3.05) is 18.0 Å². The zero-order valence-corrected chi connectivity index (χ0v) is 16.7. The molecule has 1 N–H and O–H groups in total. The molecule has 7 nitrogen and oxygen atoms in total. The third-order valence-electron chi connectivity index (χ3n) is 4.68. The quantitative estimate of drug-likeness (QED) is 0.714. The predicted molar refractivity (Wildman–Crippen MR) is 109 cm³/mol. The first-order chi connectivity index (χ1) is 13.6. The summed E-state index contributed by atoms with van der Waals surface area (Å²) < 4.78 is 7.53. The van der Waals surface area contributed by atoms with E-state index in [1.54, 1.807) is 10.5 Å². The predicted octanol–water partition coefficient (Wildman–Crippen LogP) is 2.36. The number of nitrogens with one attached hydrogen (secondary N) is 1. The molecule has 3 heterocycles. The number of aryl methyl sites for hydroxylation is 1. The Morgan fingerprint density at radius 1 is 1.39 bits per heavy atom. The van der Waals surface area contributed by atoms with E-state index in [4.69, 9.17) is 4.74 Å². The number of nitrogens with zero attached hydrogens (tertiary/aromatic N) is 3. The minimum Gasteiger partial charge on any atom is -0.477 e. The van der Waals surface area contributed by atoms with E-state index in [0.717, 1.165) is 17.8 Å². The molecular formula is C20H22N4O3S. The maximum absolute atomic E-state index is 12.5. The van der Waals surface area contributed by atoms with Crippen molar-refractivity contribution in [2.24, 2.45) is 0 Å². The summed E-state index contributed by atoms with van der Waals surface area (Å²) in [6.07, 6.45) is 0.266. The van der Waals surface area contributed by atoms with Crippen molar-refractivity contribution < 1.29 is 9.53 Å². The van der Waals surface area contributed by atoms with E-state index in [0.29, 0.717) is 36.0 Å². The second kappa shape index (κ2) is 7.63. The molecule has 8 heteroatoms. The molecule has 1 aliphatic heterocycles. The minimum atomic E-state index is -0.602. The fourth-order valence-electron chi connectivity index (χ4n) is 3.33. The molecule has 3 aromatic rings. The Bertz CT molecular complexity index is 1070. The number of aromatic nitrogens is 2. The van der Waals surface area contributed by atoms with E-state index < -0.39 is 6.10 Å². The van der Waals surface area contributed by atoms with E-state index in [1.807, 2.05) is 48.4 Å². The lowest BCUT2D eigenvalue weighted by Crippen LogP contribution is -2.49. The number of hydrogen-bond acceptors (Lipinski definition) is 6. The number of para-hydroxylation sites is 2.